The minimum absolute atomic E-state index is 0.0108. The summed E-state index contributed by atoms with van der Waals surface area (Å²) in [6.45, 7) is 1.86. The average molecular weight is 277 g/mol. The molecule has 3 N–H and O–H groups in total. The van der Waals surface area contributed by atoms with Gasteiger partial charge in [-0.1, -0.05) is 11.2 Å². The van der Waals surface area contributed by atoms with Gasteiger partial charge in [-0.15, -0.1) is 0 Å². The Bertz CT molecular complexity index is 613. The molecule has 20 heavy (non-hydrogen) atoms. The first kappa shape index (κ1) is 14.3. The van der Waals surface area contributed by atoms with E-state index in [1.807, 2.05) is 13.0 Å². The third-order valence-corrected chi connectivity index (χ3v) is 3.59. The highest BCUT2D eigenvalue weighted by Crippen LogP contribution is 2.39. The topological polar surface area (TPSA) is 86.9 Å². The Hall–Kier alpha value is -2.08. The number of nitrogens with zero attached hydrogens (tertiary/aromatic N) is 2. The highest BCUT2D eigenvalue weighted by atomic mass is 16.4. The van der Waals surface area contributed by atoms with E-state index in [1.165, 1.54) is 16.8 Å². The van der Waals surface area contributed by atoms with E-state index in [0.717, 1.165) is 12.8 Å². The highest BCUT2D eigenvalue weighted by molar-refractivity contribution is 5.91. The Morgan fingerprint density at radius 2 is 2.25 bits per heavy atom. The van der Waals surface area contributed by atoms with Crippen LogP contribution in [0.25, 0.3) is 6.08 Å². The fourth-order valence-corrected chi connectivity index (χ4v) is 2.15. The lowest BCUT2D eigenvalue weighted by atomic mass is 10.1. The summed E-state index contributed by atoms with van der Waals surface area (Å²) in [5.41, 5.74) is 1.33. The molecule has 0 atom stereocenters. The molecule has 0 bridgehead atoms. The fourth-order valence-electron chi connectivity index (χ4n) is 2.15. The van der Waals surface area contributed by atoms with E-state index in [0.29, 0.717) is 16.9 Å². The normalized spacial score (nSPS) is 16.9. The van der Waals surface area contributed by atoms with Gasteiger partial charge in [-0.25, -0.2) is 0 Å². The molecule has 2 rings (SSSR count). The standard InChI is InChI=1S/C14H19N3O3/c1-3-4-12-10(8-15-20)11(7-13(19)17(12)2)16-14(9-18)5-6-14/h3-4,7-8,16,18,20H,5-6,9H2,1-2H3/b4-3-,15-8-. The minimum atomic E-state index is -0.350. The molecule has 6 heteroatoms. The molecule has 1 aromatic rings. The summed E-state index contributed by atoms with van der Waals surface area (Å²) in [6.07, 6.45) is 6.60. The number of pyridine rings is 1. The summed E-state index contributed by atoms with van der Waals surface area (Å²) in [7, 11) is 1.66. The zero-order valence-corrected chi connectivity index (χ0v) is 11.6. The Morgan fingerprint density at radius 3 is 2.75 bits per heavy atom. The molecule has 0 spiro atoms. The van der Waals surface area contributed by atoms with Crippen LogP contribution in [-0.2, 0) is 7.05 Å². The predicted molar refractivity (Wildman–Crippen MR) is 78.4 cm³/mol. The number of hydrogen-bond acceptors (Lipinski definition) is 5. The van der Waals surface area contributed by atoms with E-state index < -0.39 is 0 Å². The lowest BCUT2D eigenvalue weighted by Gasteiger charge is -2.19. The van der Waals surface area contributed by atoms with Crippen molar-refractivity contribution in [3.63, 3.8) is 0 Å². The van der Waals surface area contributed by atoms with Crippen molar-refractivity contribution in [3.05, 3.63) is 33.8 Å². The molecule has 1 heterocycles. The van der Waals surface area contributed by atoms with E-state index in [1.54, 1.807) is 13.1 Å². The van der Waals surface area contributed by atoms with Crippen molar-refractivity contribution in [2.45, 2.75) is 25.3 Å². The van der Waals surface area contributed by atoms with Gasteiger partial charge in [0.2, 0.25) is 0 Å². The Kier molecular flexibility index (Phi) is 3.94. The number of nitrogens with one attached hydrogen (secondary N) is 1. The molecule has 1 fully saturated rings. The third kappa shape index (κ3) is 2.60. The van der Waals surface area contributed by atoms with Gasteiger partial charge in [0.1, 0.15) is 0 Å². The smallest absolute Gasteiger partial charge is 0.252 e. The molecular weight excluding hydrogens is 258 g/mol. The number of aliphatic hydroxyl groups is 1. The van der Waals surface area contributed by atoms with Crippen LogP contribution in [0.15, 0.2) is 22.1 Å². The maximum absolute atomic E-state index is 12.0. The molecule has 108 valence electrons. The number of aromatic nitrogens is 1. The second kappa shape index (κ2) is 5.50. The van der Waals surface area contributed by atoms with Crippen LogP contribution in [0.4, 0.5) is 5.69 Å². The van der Waals surface area contributed by atoms with Gasteiger partial charge in [-0.2, -0.15) is 0 Å². The molecule has 1 aromatic heterocycles. The van der Waals surface area contributed by atoms with Gasteiger partial charge >= 0.3 is 0 Å². The van der Waals surface area contributed by atoms with E-state index in [4.69, 9.17) is 5.21 Å². The maximum Gasteiger partial charge on any atom is 0.252 e. The molecule has 1 aliphatic carbocycles. The summed E-state index contributed by atoms with van der Waals surface area (Å²) in [5.74, 6) is 0. The summed E-state index contributed by atoms with van der Waals surface area (Å²) in [4.78, 5) is 12.0. The van der Waals surface area contributed by atoms with Crippen LogP contribution in [0.5, 0.6) is 0 Å². The molecule has 1 saturated carbocycles. The number of hydrogen-bond donors (Lipinski definition) is 3. The predicted octanol–water partition coefficient (Wildman–Crippen LogP) is 1.16. The molecule has 0 saturated heterocycles. The lowest BCUT2D eigenvalue weighted by molar-refractivity contribution is 0.266. The Labute approximate surface area is 117 Å². The van der Waals surface area contributed by atoms with E-state index in [-0.39, 0.29) is 17.7 Å². The molecule has 6 nitrogen and oxygen atoms in total. The van der Waals surface area contributed by atoms with E-state index in [2.05, 4.69) is 10.5 Å². The van der Waals surface area contributed by atoms with Crippen LogP contribution in [0, 0.1) is 0 Å². The lowest BCUT2D eigenvalue weighted by Crippen LogP contribution is -2.29. The minimum Gasteiger partial charge on any atom is -0.411 e. The van der Waals surface area contributed by atoms with Crippen molar-refractivity contribution >= 4 is 18.0 Å². The van der Waals surface area contributed by atoms with Crippen molar-refractivity contribution in [2.75, 3.05) is 11.9 Å². The molecule has 0 aromatic carbocycles. The zero-order valence-electron chi connectivity index (χ0n) is 11.6. The van der Waals surface area contributed by atoms with Crippen LogP contribution < -0.4 is 10.9 Å². The first-order valence-corrected chi connectivity index (χ1v) is 6.50. The quantitative estimate of drug-likeness (QED) is 0.428. The average Bonchev–Trinajstić information content (AvgIpc) is 3.20. The van der Waals surface area contributed by atoms with E-state index in [9.17, 15) is 9.90 Å². The van der Waals surface area contributed by atoms with Crippen molar-refractivity contribution < 1.29 is 10.3 Å². The van der Waals surface area contributed by atoms with Gasteiger partial charge in [-0.05, 0) is 25.8 Å². The molecule has 0 radical (unpaired) electrons. The fraction of sp³-hybridized carbons (Fsp3) is 0.429. The zero-order chi connectivity index (χ0) is 14.8. The van der Waals surface area contributed by atoms with Crippen molar-refractivity contribution in [1.82, 2.24) is 4.57 Å². The first-order valence-electron chi connectivity index (χ1n) is 6.50. The Morgan fingerprint density at radius 1 is 1.55 bits per heavy atom. The third-order valence-electron chi connectivity index (χ3n) is 3.59. The van der Waals surface area contributed by atoms with Gasteiger partial charge in [0.05, 0.1) is 29.7 Å². The van der Waals surface area contributed by atoms with Crippen LogP contribution in [-0.4, -0.2) is 33.2 Å². The number of aliphatic hydroxyl groups excluding tert-OH is 1. The summed E-state index contributed by atoms with van der Waals surface area (Å²) < 4.78 is 1.49. The molecule has 1 aliphatic rings. The number of oxime groups is 1. The Balaban J connectivity index is 2.57. The largest absolute Gasteiger partial charge is 0.411 e. The summed E-state index contributed by atoms with van der Waals surface area (Å²) in [6, 6.07) is 1.46. The van der Waals surface area contributed by atoms with E-state index >= 15 is 0 Å². The van der Waals surface area contributed by atoms with Crippen molar-refractivity contribution in [2.24, 2.45) is 12.2 Å². The molecule has 0 aliphatic heterocycles. The molecule has 0 unspecified atom stereocenters. The molecular formula is C14H19N3O3. The van der Waals surface area contributed by atoms with Crippen LogP contribution in [0.1, 0.15) is 31.0 Å². The maximum atomic E-state index is 12.0. The van der Waals surface area contributed by atoms with Gasteiger partial charge < -0.3 is 20.2 Å². The van der Waals surface area contributed by atoms with Crippen LogP contribution >= 0.6 is 0 Å². The van der Waals surface area contributed by atoms with Gasteiger partial charge in [0.15, 0.2) is 0 Å². The van der Waals surface area contributed by atoms with Gasteiger partial charge in [-0.3, -0.25) is 4.79 Å². The van der Waals surface area contributed by atoms with Gasteiger partial charge in [0.25, 0.3) is 5.56 Å². The monoisotopic (exact) mass is 277 g/mol. The van der Waals surface area contributed by atoms with Crippen LogP contribution in [0.2, 0.25) is 0 Å². The van der Waals surface area contributed by atoms with Crippen LogP contribution in [0.3, 0.4) is 0 Å². The first-order chi connectivity index (χ1) is 9.56. The number of allylic oxidation sites excluding steroid dienone is 1. The van der Waals surface area contributed by atoms with Gasteiger partial charge in [0, 0.05) is 18.7 Å². The SMILES string of the molecule is C/C=C\c1c(/C=N\O)c(NC2(CO)CC2)cc(=O)n1C. The molecule has 0 amide bonds. The highest BCUT2D eigenvalue weighted by Gasteiger charge is 2.42. The van der Waals surface area contributed by atoms with Crippen molar-refractivity contribution in [1.29, 1.82) is 0 Å². The summed E-state index contributed by atoms with van der Waals surface area (Å²) >= 11 is 0. The van der Waals surface area contributed by atoms with Crippen molar-refractivity contribution in [3.8, 4) is 0 Å². The number of rotatable bonds is 5. The summed E-state index contributed by atoms with van der Waals surface area (Å²) in [5, 5.41) is 24.5. The number of anilines is 1. The second-order valence-electron chi connectivity index (χ2n) is 5.06. The second-order valence-corrected chi connectivity index (χ2v) is 5.06.